The van der Waals surface area contributed by atoms with E-state index in [4.69, 9.17) is 30.5 Å². The Hall–Kier alpha value is -2.17. The topological polar surface area (TPSA) is 146 Å². The van der Waals surface area contributed by atoms with Gasteiger partial charge in [0.25, 0.3) is 0 Å². The number of hydrogen-bond acceptors (Lipinski definition) is 10. The van der Waals surface area contributed by atoms with Gasteiger partial charge in [-0.15, -0.1) is 11.6 Å². The zero-order valence-corrected chi connectivity index (χ0v) is 22.8. The summed E-state index contributed by atoms with van der Waals surface area (Å²) in [5.74, 6) is -5.51. The molecule has 2 N–H and O–H groups in total. The van der Waals surface area contributed by atoms with E-state index in [0.29, 0.717) is 5.57 Å². The van der Waals surface area contributed by atoms with Gasteiger partial charge in [0.05, 0.1) is 17.4 Å². The van der Waals surface area contributed by atoms with E-state index in [0.717, 1.165) is 6.92 Å². The molecule has 10 nitrogen and oxygen atoms in total. The van der Waals surface area contributed by atoms with Crippen LogP contribution in [0.2, 0.25) is 0 Å². The van der Waals surface area contributed by atoms with Crippen molar-refractivity contribution in [3.05, 3.63) is 12.2 Å². The molecule has 0 spiro atoms. The third-order valence-corrected chi connectivity index (χ3v) is 9.09. The number of alkyl halides is 1. The maximum atomic E-state index is 12.8. The van der Waals surface area contributed by atoms with Gasteiger partial charge >= 0.3 is 23.9 Å². The number of halogens is 1. The molecule has 0 aromatic rings. The second kappa shape index (κ2) is 10.5. The minimum atomic E-state index is -2.14. The first-order valence-corrected chi connectivity index (χ1v) is 12.9. The molecular weight excluding hydrogens is 508 g/mol. The Labute approximate surface area is 221 Å². The predicted molar refractivity (Wildman–Crippen MR) is 130 cm³/mol. The van der Waals surface area contributed by atoms with Crippen LogP contribution in [0.5, 0.6) is 0 Å². The predicted octanol–water partition coefficient (Wildman–Crippen LogP) is 2.05. The molecule has 2 saturated carbocycles. The van der Waals surface area contributed by atoms with Crippen LogP contribution in [-0.4, -0.2) is 75.6 Å². The van der Waals surface area contributed by atoms with Crippen LogP contribution in [0.1, 0.15) is 60.8 Å². The van der Waals surface area contributed by atoms with Crippen molar-refractivity contribution in [3.8, 4) is 0 Å². The molecule has 0 unspecified atom stereocenters. The summed E-state index contributed by atoms with van der Waals surface area (Å²) in [7, 11) is 0. The summed E-state index contributed by atoms with van der Waals surface area (Å²) in [5, 5.41) is 22.4. The Morgan fingerprint density at radius 2 is 1.59 bits per heavy atom. The lowest BCUT2D eigenvalue weighted by molar-refractivity contribution is -0.253. The number of aliphatic hydroxyl groups excluding tert-OH is 1. The standard InChI is InChI=1S/C26H37ClO10/c1-11-8-9-18(34-14(4)28)25(7)19(35-15(5)29)10-17(31)12(2)20(25)22(36-16(6)30)26(33)13(3)24(32)37-23(26)21(11)27/h12-13,17-23,31,33H,1,8-10H2,2-7H3/t12-,13-,17+,18-,19-,20+,21-,22+,23-,25-,26+/m0/s1. The van der Waals surface area contributed by atoms with E-state index in [2.05, 4.69) is 6.58 Å². The fourth-order valence-corrected chi connectivity index (χ4v) is 6.93. The van der Waals surface area contributed by atoms with Crippen LogP contribution >= 0.6 is 11.6 Å². The van der Waals surface area contributed by atoms with Crippen molar-refractivity contribution in [1.82, 2.24) is 0 Å². The van der Waals surface area contributed by atoms with Crippen molar-refractivity contribution in [1.29, 1.82) is 0 Å². The summed E-state index contributed by atoms with van der Waals surface area (Å²) < 4.78 is 22.9. The largest absolute Gasteiger partial charge is 0.462 e. The highest BCUT2D eigenvalue weighted by atomic mass is 35.5. The van der Waals surface area contributed by atoms with E-state index in [-0.39, 0.29) is 19.3 Å². The van der Waals surface area contributed by atoms with Gasteiger partial charge in [0, 0.05) is 38.5 Å². The number of ether oxygens (including phenoxy) is 4. The van der Waals surface area contributed by atoms with Gasteiger partial charge in [-0.2, -0.15) is 0 Å². The molecule has 2 aliphatic carbocycles. The second-order valence-electron chi connectivity index (χ2n) is 10.8. The summed E-state index contributed by atoms with van der Waals surface area (Å²) in [6, 6.07) is 0. The smallest absolute Gasteiger partial charge is 0.312 e. The van der Waals surface area contributed by atoms with Crippen LogP contribution in [0, 0.1) is 23.2 Å². The van der Waals surface area contributed by atoms with Gasteiger partial charge in [0.15, 0.2) is 11.7 Å². The summed E-state index contributed by atoms with van der Waals surface area (Å²) in [6.45, 7) is 12.5. The molecule has 1 heterocycles. The number of carbonyl (C=O) groups excluding carboxylic acids is 4. The average molecular weight is 545 g/mol. The monoisotopic (exact) mass is 544 g/mol. The van der Waals surface area contributed by atoms with Gasteiger partial charge in [0.2, 0.25) is 0 Å². The first-order chi connectivity index (χ1) is 17.1. The molecular formula is C26H37ClO10. The fourth-order valence-electron chi connectivity index (χ4n) is 6.57. The van der Waals surface area contributed by atoms with E-state index in [1.165, 1.54) is 20.8 Å². The number of rotatable bonds is 3. The maximum Gasteiger partial charge on any atom is 0.312 e. The zero-order chi connectivity index (χ0) is 28.0. The number of fused-ring (bicyclic) bond motifs is 2. The van der Waals surface area contributed by atoms with Crippen molar-refractivity contribution < 1.29 is 48.3 Å². The van der Waals surface area contributed by atoms with Crippen LogP contribution in [-0.2, 0) is 38.1 Å². The lowest BCUT2D eigenvalue weighted by Gasteiger charge is -2.58. The van der Waals surface area contributed by atoms with E-state index >= 15 is 0 Å². The quantitative estimate of drug-likeness (QED) is 0.234. The zero-order valence-electron chi connectivity index (χ0n) is 22.1. The van der Waals surface area contributed by atoms with E-state index in [1.54, 1.807) is 13.8 Å². The van der Waals surface area contributed by atoms with Crippen LogP contribution in [0.3, 0.4) is 0 Å². The Morgan fingerprint density at radius 1 is 1.05 bits per heavy atom. The van der Waals surface area contributed by atoms with Crippen LogP contribution in [0.4, 0.5) is 0 Å². The molecule has 0 radical (unpaired) electrons. The number of esters is 4. The molecule has 37 heavy (non-hydrogen) atoms. The van der Waals surface area contributed by atoms with E-state index < -0.39 is 88.5 Å². The van der Waals surface area contributed by atoms with Gasteiger partial charge in [-0.05, 0) is 25.7 Å². The van der Waals surface area contributed by atoms with Crippen molar-refractivity contribution in [3.63, 3.8) is 0 Å². The summed E-state index contributed by atoms with van der Waals surface area (Å²) in [4.78, 5) is 49.8. The van der Waals surface area contributed by atoms with Gasteiger partial charge in [-0.25, -0.2) is 0 Å². The minimum absolute atomic E-state index is 0.0181. The second-order valence-corrected chi connectivity index (χ2v) is 11.3. The lowest BCUT2D eigenvalue weighted by atomic mass is 9.52. The average Bonchev–Trinajstić information content (AvgIpc) is 3.02. The molecule has 208 valence electrons. The number of hydrogen-bond donors (Lipinski definition) is 2. The first kappa shape index (κ1) is 29.4. The molecule has 11 atom stereocenters. The molecule has 11 heteroatoms. The molecule has 1 aliphatic heterocycles. The van der Waals surface area contributed by atoms with Gasteiger partial charge < -0.3 is 29.2 Å². The highest BCUT2D eigenvalue weighted by Gasteiger charge is 2.70. The Morgan fingerprint density at radius 3 is 2.14 bits per heavy atom. The first-order valence-electron chi connectivity index (χ1n) is 12.5. The molecule has 3 fully saturated rings. The van der Waals surface area contributed by atoms with Crippen molar-refractivity contribution >= 4 is 35.5 Å². The Bertz CT molecular complexity index is 967. The van der Waals surface area contributed by atoms with Gasteiger partial charge in [-0.1, -0.05) is 26.0 Å². The minimum Gasteiger partial charge on any atom is -0.462 e. The van der Waals surface area contributed by atoms with Crippen LogP contribution in [0.25, 0.3) is 0 Å². The highest BCUT2D eigenvalue weighted by molar-refractivity contribution is 6.23. The SMILES string of the molecule is C=C1CC[C@H](OC(C)=O)[C@]2(C)[C@H]([C@@H](C)[C@H](O)C[C@@H]2OC(C)=O)[C@@H](OC(C)=O)[C@]2(O)[C@@H](C)C(=O)O[C@H]2[C@H]1Cl. The van der Waals surface area contributed by atoms with Crippen molar-refractivity contribution in [2.45, 2.75) is 102 Å². The Balaban J connectivity index is 2.37. The van der Waals surface area contributed by atoms with Crippen LogP contribution in [0.15, 0.2) is 12.2 Å². The molecule has 3 rings (SSSR count). The number of aliphatic hydroxyl groups is 2. The van der Waals surface area contributed by atoms with Gasteiger partial charge in [-0.3, -0.25) is 19.2 Å². The normalized spacial score (nSPS) is 44.1. The van der Waals surface area contributed by atoms with Crippen molar-refractivity contribution in [2.75, 3.05) is 0 Å². The molecule has 3 aliphatic rings. The number of carbonyl (C=O) groups is 4. The summed E-state index contributed by atoms with van der Waals surface area (Å²) in [5.41, 5.74) is -3.00. The lowest BCUT2D eigenvalue weighted by Crippen LogP contribution is -2.69. The summed E-state index contributed by atoms with van der Waals surface area (Å²) in [6.07, 6.45) is -5.27. The maximum absolute atomic E-state index is 12.8. The molecule has 0 amide bonds. The molecule has 1 saturated heterocycles. The van der Waals surface area contributed by atoms with Crippen LogP contribution < -0.4 is 0 Å². The van der Waals surface area contributed by atoms with Gasteiger partial charge in [0.1, 0.15) is 18.3 Å². The molecule has 0 aromatic heterocycles. The van der Waals surface area contributed by atoms with E-state index in [1.807, 2.05) is 0 Å². The highest BCUT2D eigenvalue weighted by Crippen LogP contribution is 2.57. The molecule has 0 aromatic carbocycles. The fraction of sp³-hybridized carbons (Fsp3) is 0.769. The summed E-state index contributed by atoms with van der Waals surface area (Å²) >= 11 is 6.72. The third-order valence-electron chi connectivity index (χ3n) is 8.56. The Kier molecular flexibility index (Phi) is 8.37. The third kappa shape index (κ3) is 5.00. The van der Waals surface area contributed by atoms with E-state index in [9.17, 15) is 29.4 Å². The van der Waals surface area contributed by atoms with Crippen molar-refractivity contribution in [2.24, 2.45) is 23.2 Å². The molecule has 0 bridgehead atoms.